The molecule has 0 unspecified atom stereocenters. The van der Waals surface area contributed by atoms with Crippen molar-refractivity contribution in [2.45, 2.75) is 0 Å². The maximum atomic E-state index is 12.7. The fourth-order valence-corrected chi connectivity index (χ4v) is 1.37. The zero-order valence-corrected chi connectivity index (χ0v) is 8.63. The molecule has 0 bridgehead atoms. The number of halogens is 1. The van der Waals surface area contributed by atoms with Gasteiger partial charge in [0.25, 0.3) is 11.5 Å². The van der Waals surface area contributed by atoms with Gasteiger partial charge in [0.2, 0.25) is 0 Å². The quantitative estimate of drug-likeness (QED) is 0.818. The fourth-order valence-electron chi connectivity index (χ4n) is 1.37. The summed E-state index contributed by atoms with van der Waals surface area (Å²) in [4.78, 5) is 26.6. The molecule has 0 radical (unpaired) electrons. The van der Waals surface area contributed by atoms with Crippen molar-refractivity contribution in [2.24, 2.45) is 5.73 Å². The second-order valence-corrected chi connectivity index (χ2v) is 3.30. The Hall–Kier alpha value is -2.50. The standard InChI is InChI=1S/C11H8FN3O2/c12-7-3-4-9(14-6-7)15-5-1-2-8(10(13)16)11(15)17/h1-6H,(H2,13,16). The summed E-state index contributed by atoms with van der Waals surface area (Å²) in [6.45, 7) is 0. The number of primary amides is 1. The van der Waals surface area contributed by atoms with E-state index in [1.165, 1.54) is 30.5 Å². The number of hydrogen-bond acceptors (Lipinski definition) is 3. The number of rotatable bonds is 2. The van der Waals surface area contributed by atoms with Gasteiger partial charge in [0.05, 0.1) is 6.20 Å². The summed E-state index contributed by atoms with van der Waals surface area (Å²) in [6, 6.07) is 5.32. The third-order valence-corrected chi connectivity index (χ3v) is 2.17. The van der Waals surface area contributed by atoms with Gasteiger partial charge in [-0.25, -0.2) is 9.37 Å². The van der Waals surface area contributed by atoms with Gasteiger partial charge in [-0.15, -0.1) is 0 Å². The van der Waals surface area contributed by atoms with E-state index in [-0.39, 0.29) is 11.4 Å². The maximum Gasteiger partial charge on any atom is 0.269 e. The van der Waals surface area contributed by atoms with Crippen LogP contribution in [0.4, 0.5) is 4.39 Å². The molecular formula is C11H8FN3O2. The van der Waals surface area contributed by atoms with Crippen molar-refractivity contribution in [1.82, 2.24) is 9.55 Å². The monoisotopic (exact) mass is 233 g/mol. The first-order valence-corrected chi connectivity index (χ1v) is 4.73. The summed E-state index contributed by atoms with van der Waals surface area (Å²) in [5.41, 5.74) is 4.33. The highest BCUT2D eigenvalue weighted by Crippen LogP contribution is 2.03. The van der Waals surface area contributed by atoms with Crippen molar-refractivity contribution in [3.63, 3.8) is 0 Å². The molecule has 2 aromatic heterocycles. The van der Waals surface area contributed by atoms with Gasteiger partial charge in [0.15, 0.2) is 0 Å². The average molecular weight is 233 g/mol. The lowest BCUT2D eigenvalue weighted by atomic mass is 10.2. The van der Waals surface area contributed by atoms with Gasteiger partial charge in [-0.05, 0) is 24.3 Å². The lowest BCUT2D eigenvalue weighted by molar-refractivity contribution is 0.0998. The van der Waals surface area contributed by atoms with Crippen LogP contribution in [-0.4, -0.2) is 15.5 Å². The molecule has 6 heteroatoms. The third kappa shape index (κ3) is 2.05. The highest BCUT2D eigenvalue weighted by atomic mass is 19.1. The van der Waals surface area contributed by atoms with Crippen molar-refractivity contribution in [2.75, 3.05) is 0 Å². The molecule has 0 aliphatic rings. The van der Waals surface area contributed by atoms with Gasteiger partial charge in [-0.1, -0.05) is 0 Å². The Morgan fingerprint density at radius 2 is 2.12 bits per heavy atom. The van der Waals surface area contributed by atoms with E-state index in [4.69, 9.17) is 5.73 Å². The minimum Gasteiger partial charge on any atom is -0.365 e. The summed E-state index contributed by atoms with van der Waals surface area (Å²) in [6.07, 6.45) is 2.41. The second kappa shape index (κ2) is 4.17. The van der Waals surface area contributed by atoms with Gasteiger partial charge in [0, 0.05) is 6.20 Å². The molecule has 0 aromatic carbocycles. The van der Waals surface area contributed by atoms with Crippen LogP contribution in [0.2, 0.25) is 0 Å². The van der Waals surface area contributed by atoms with Gasteiger partial charge in [-0.3, -0.25) is 14.2 Å². The third-order valence-electron chi connectivity index (χ3n) is 2.17. The van der Waals surface area contributed by atoms with E-state index in [9.17, 15) is 14.0 Å². The minimum atomic E-state index is -0.813. The van der Waals surface area contributed by atoms with Crippen molar-refractivity contribution in [1.29, 1.82) is 0 Å². The molecule has 1 amide bonds. The largest absolute Gasteiger partial charge is 0.365 e. The molecule has 0 aliphatic heterocycles. The molecule has 0 fully saturated rings. The van der Waals surface area contributed by atoms with E-state index < -0.39 is 17.3 Å². The Bertz CT molecular complexity index is 619. The van der Waals surface area contributed by atoms with Crippen LogP contribution in [-0.2, 0) is 0 Å². The molecule has 86 valence electrons. The van der Waals surface area contributed by atoms with Crippen LogP contribution >= 0.6 is 0 Å². The molecule has 0 saturated heterocycles. The van der Waals surface area contributed by atoms with Gasteiger partial charge in [0.1, 0.15) is 17.2 Å². The number of carbonyl (C=O) groups excluding carboxylic acids is 1. The summed E-state index contributed by atoms with van der Waals surface area (Å²) in [5, 5.41) is 0. The highest BCUT2D eigenvalue weighted by Gasteiger charge is 2.09. The average Bonchev–Trinajstić information content (AvgIpc) is 2.30. The Balaban J connectivity index is 2.61. The molecule has 2 aromatic rings. The lowest BCUT2D eigenvalue weighted by Crippen LogP contribution is -2.28. The fraction of sp³-hybridized carbons (Fsp3) is 0. The van der Waals surface area contributed by atoms with Crippen LogP contribution in [0.5, 0.6) is 0 Å². The zero-order valence-electron chi connectivity index (χ0n) is 8.63. The Morgan fingerprint density at radius 1 is 1.35 bits per heavy atom. The molecule has 2 N–H and O–H groups in total. The molecule has 0 saturated carbocycles. The minimum absolute atomic E-state index is 0.140. The normalized spacial score (nSPS) is 10.2. The lowest BCUT2D eigenvalue weighted by Gasteiger charge is -2.05. The molecule has 0 atom stereocenters. The predicted octanol–water partition coefficient (Wildman–Crippen LogP) is 0.471. The number of pyridine rings is 2. The molecule has 2 rings (SSSR count). The Morgan fingerprint density at radius 3 is 2.71 bits per heavy atom. The van der Waals surface area contributed by atoms with Crippen LogP contribution in [0.15, 0.2) is 41.5 Å². The van der Waals surface area contributed by atoms with E-state index in [2.05, 4.69) is 4.98 Å². The number of nitrogens with zero attached hydrogens (tertiary/aromatic N) is 2. The molecule has 0 spiro atoms. The first-order valence-electron chi connectivity index (χ1n) is 4.73. The number of amides is 1. The van der Waals surface area contributed by atoms with Crippen LogP contribution in [0.1, 0.15) is 10.4 Å². The summed E-state index contributed by atoms with van der Waals surface area (Å²) in [5.74, 6) is -1.10. The summed E-state index contributed by atoms with van der Waals surface area (Å²) in [7, 11) is 0. The SMILES string of the molecule is NC(=O)c1cccn(-c2ccc(F)cn2)c1=O. The van der Waals surface area contributed by atoms with E-state index in [1.807, 2.05) is 0 Å². The maximum absolute atomic E-state index is 12.7. The molecule has 2 heterocycles. The van der Waals surface area contributed by atoms with Crippen molar-refractivity contribution < 1.29 is 9.18 Å². The smallest absolute Gasteiger partial charge is 0.269 e. The van der Waals surface area contributed by atoms with Gasteiger partial charge in [-0.2, -0.15) is 0 Å². The number of hydrogen-bond donors (Lipinski definition) is 1. The molecule has 0 aliphatic carbocycles. The van der Waals surface area contributed by atoms with Crippen LogP contribution in [0.3, 0.4) is 0 Å². The molecule has 17 heavy (non-hydrogen) atoms. The van der Waals surface area contributed by atoms with Crippen molar-refractivity contribution in [3.05, 3.63) is 58.4 Å². The predicted molar refractivity (Wildman–Crippen MR) is 58.3 cm³/mol. The Kier molecular flexibility index (Phi) is 2.70. The van der Waals surface area contributed by atoms with Gasteiger partial charge >= 0.3 is 0 Å². The molecular weight excluding hydrogens is 225 g/mol. The Labute approximate surface area is 95.3 Å². The van der Waals surface area contributed by atoms with E-state index in [1.54, 1.807) is 0 Å². The second-order valence-electron chi connectivity index (χ2n) is 3.30. The van der Waals surface area contributed by atoms with Crippen LogP contribution in [0, 0.1) is 5.82 Å². The van der Waals surface area contributed by atoms with E-state index in [0.29, 0.717) is 0 Å². The van der Waals surface area contributed by atoms with E-state index >= 15 is 0 Å². The van der Waals surface area contributed by atoms with Crippen LogP contribution in [0.25, 0.3) is 5.82 Å². The van der Waals surface area contributed by atoms with Crippen molar-refractivity contribution >= 4 is 5.91 Å². The summed E-state index contributed by atoms with van der Waals surface area (Å²) >= 11 is 0. The van der Waals surface area contributed by atoms with E-state index in [0.717, 1.165) is 10.8 Å². The van der Waals surface area contributed by atoms with Crippen LogP contribution < -0.4 is 11.3 Å². The first-order chi connectivity index (χ1) is 8.09. The number of aromatic nitrogens is 2. The summed E-state index contributed by atoms with van der Waals surface area (Å²) < 4.78 is 13.8. The highest BCUT2D eigenvalue weighted by molar-refractivity contribution is 5.92. The first kappa shape index (κ1) is 11.0. The zero-order chi connectivity index (χ0) is 12.4. The topological polar surface area (TPSA) is 78.0 Å². The van der Waals surface area contributed by atoms with Gasteiger partial charge < -0.3 is 5.73 Å². The number of nitrogens with two attached hydrogens (primary N) is 1. The molecule has 5 nitrogen and oxygen atoms in total. The van der Waals surface area contributed by atoms with Crippen molar-refractivity contribution in [3.8, 4) is 5.82 Å². The number of carbonyl (C=O) groups is 1.